The van der Waals surface area contributed by atoms with Crippen LogP contribution in [0.25, 0.3) is 22.3 Å². The first-order chi connectivity index (χ1) is 19.6. The number of para-hydroxylation sites is 1. The highest BCUT2D eigenvalue weighted by Crippen LogP contribution is 2.35. The number of fused-ring (bicyclic) bond motifs is 1. The Morgan fingerprint density at radius 1 is 1.12 bits per heavy atom. The summed E-state index contributed by atoms with van der Waals surface area (Å²) in [5.41, 5.74) is 4.93. The Kier molecular flexibility index (Phi) is 7.77. The average molecular weight is 542 g/mol. The number of rotatable bonds is 7. The van der Waals surface area contributed by atoms with Gasteiger partial charge in [0.25, 0.3) is 5.91 Å². The van der Waals surface area contributed by atoms with E-state index in [-0.39, 0.29) is 18.1 Å². The van der Waals surface area contributed by atoms with Gasteiger partial charge < -0.3 is 19.1 Å². The quantitative estimate of drug-likeness (QED) is 0.351. The maximum atomic E-state index is 13.6. The number of nitrogens with one attached hydrogen (secondary N) is 1. The molecule has 1 amide bonds. The SMILES string of the molecule is COc1ccccc1-c1cc(C(=O)Nc2nc3cc(CN4CCOCC4)ccc3n2[C@H]2CCC[C@H](O)C2)ccn1. The molecule has 40 heavy (non-hydrogen) atoms. The van der Waals surface area contributed by atoms with Gasteiger partial charge in [0.2, 0.25) is 5.95 Å². The van der Waals surface area contributed by atoms with E-state index in [2.05, 4.69) is 38.0 Å². The van der Waals surface area contributed by atoms with Crippen molar-refractivity contribution in [2.75, 3.05) is 38.7 Å². The summed E-state index contributed by atoms with van der Waals surface area (Å²) in [6, 6.07) is 17.5. The van der Waals surface area contributed by atoms with E-state index in [9.17, 15) is 9.90 Å². The van der Waals surface area contributed by atoms with Crippen LogP contribution >= 0.6 is 0 Å². The predicted octanol–water partition coefficient (Wildman–Crippen LogP) is 4.67. The fraction of sp³-hybridized carbons (Fsp3) is 0.387. The summed E-state index contributed by atoms with van der Waals surface area (Å²) in [6.07, 6.45) is 4.57. The highest BCUT2D eigenvalue weighted by atomic mass is 16.5. The number of aromatic nitrogens is 3. The third kappa shape index (κ3) is 5.58. The molecule has 0 bridgehead atoms. The van der Waals surface area contributed by atoms with Crippen LogP contribution in [0.5, 0.6) is 5.75 Å². The number of morpholine rings is 1. The number of hydrogen-bond donors (Lipinski definition) is 2. The van der Waals surface area contributed by atoms with Crippen LogP contribution in [0.2, 0.25) is 0 Å². The Morgan fingerprint density at radius 2 is 1.98 bits per heavy atom. The lowest BCUT2D eigenvalue weighted by atomic mass is 9.92. The number of methoxy groups -OCH3 is 1. The second-order valence-electron chi connectivity index (χ2n) is 10.6. The minimum absolute atomic E-state index is 0.0516. The van der Waals surface area contributed by atoms with E-state index < -0.39 is 0 Å². The van der Waals surface area contributed by atoms with Gasteiger partial charge in [0, 0.05) is 43.0 Å². The molecule has 0 spiro atoms. The molecule has 9 nitrogen and oxygen atoms in total. The Labute approximate surface area is 233 Å². The molecule has 9 heteroatoms. The number of ether oxygens (including phenoxy) is 2. The molecule has 6 rings (SSSR count). The summed E-state index contributed by atoms with van der Waals surface area (Å²) in [6.45, 7) is 4.17. The van der Waals surface area contributed by atoms with Gasteiger partial charge in [0.1, 0.15) is 5.75 Å². The van der Waals surface area contributed by atoms with E-state index in [0.717, 1.165) is 68.7 Å². The third-order valence-electron chi connectivity index (χ3n) is 7.88. The summed E-state index contributed by atoms with van der Waals surface area (Å²) in [5, 5.41) is 13.5. The molecule has 2 aromatic heterocycles. The molecule has 1 aliphatic heterocycles. The molecule has 1 saturated heterocycles. The largest absolute Gasteiger partial charge is 0.496 e. The van der Waals surface area contributed by atoms with E-state index >= 15 is 0 Å². The van der Waals surface area contributed by atoms with Gasteiger partial charge in [-0.25, -0.2) is 4.98 Å². The van der Waals surface area contributed by atoms with Crippen LogP contribution in [0.15, 0.2) is 60.8 Å². The lowest BCUT2D eigenvalue weighted by Gasteiger charge is -2.29. The van der Waals surface area contributed by atoms with Crippen LogP contribution in [0, 0.1) is 0 Å². The number of aliphatic hydroxyl groups is 1. The number of benzene rings is 2. The Bertz CT molecular complexity index is 1500. The van der Waals surface area contributed by atoms with Crippen LogP contribution in [0.3, 0.4) is 0 Å². The van der Waals surface area contributed by atoms with Crippen molar-refractivity contribution in [1.82, 2.24) is 19.4 Å². The van der Waals surface area contributed by atoms with Gasteiger partial charge in [-0.1, -0.05) is 18.2 Å². The molecule has 4 aromatic rings. The van der Waals surface area contributed by atoms with Gasteiger partial charge in [-0.15, -0.1) is 0 Å². The van der Waals surface area contributed by atoms with Gasteiger partial charge >= 0.3 is 0 Å². The molecule has 2 atom stereocenters. The maximum Gasteiger partial charge on any atom is 0.258 e. The molecule has 2 N–H and O–H groups in total. The van der Waals surface area contributed by atoms with Gasteiger partial charge in [0.05, 0.1) is 43.2 Å². The fourth-order valence-electron chi connectivity index (χ4n) is 5.84. The summed E-state index contributed by atoms with van der Waals surface area (Å²) in [4.78, 5) is 25.3. The van der Waals surface area contributed by atoms with Gasteiger partial charge in [-0.3, -0.25) is 20.0 Å². The zero-order valence-electron chi connectivity index (χ0n) is 22.8. The summed E-state index contributed by atoms with van der Waals surface area (Å²) in [7, 11) is 1.62. The van der Waals surface area contributed by atoms with E-state index in [1.54, 1.807) is 25.4 Å². The van der Waals surface area contributed by atoms with Crippen LogP contribution < -0.4 is 10.1 Å². The summed E-state index contributed by atoms with van der Waals surface area (Å²) >= 11 is 0. The van der Waals surface area contributed by atoms with Gasteiger partial charge in [0.15, 0.2) is 0 Å². The van der Waals surface area contributed by atoms with Crippen LogP contribution in [-0.2, 0) is 11.3 Å². The van der Waals surface area contributed by atoms with Crippen molar-refractivity contribution in [3.63, 3.8) is 0 Å². The number of nitrogens with zero attached hydrogens (tertiary/aromatic N) is 4. The molecule has 0 radical (unpaired) electrons. The summed E-state index contributed by atoms with van der Waals surface area (Å²) < 4.78 is 13.1. The van der Waals surface area contributed by atoms with Crippen molar-refractivity contribution in [2.24, 2.45) is 0 Å². The molecule has 0 unspecified atom stereocenters. The molecular formula is C31H35N5O4. The molecule has 2 aromatic carbocycles. The standard InChI is InChI=1S/C31H35N5O4/c1-39-29-8-3-2-7-25(29)26-18-22(11-12-32-26)30(38)34-31-33-27-17-21(20-35-13-15-40-16-14-35)9-10-28(27)36(31)23-5-4-6-24(37)19-23/h2-3,7-12,17-18,23-24,37H,4-6,13-16,19-20H2,1H3,(H,33,34,38)/t23-,24-/m0/s1. The fourth-order valence-corrected chi connectivity index (χ4v) is 5.84. The first-order valence-corrected chi connectivity index (χ1v) is 14.0. The maximum absolute atomic E-state index is 13.6. The Balaban J connectivity index is 1.32. The molecular weight excluding hydrogens is 506 g/mol. The second-order valence-corrected chi connectivity index (χ2v) is 10.6. The summed E-state index contributed by atoms with van der Waals surface area (Å²) in [5.74, 6) is 0.927. The first kappa shape index (κ1) is 26.4. The number of aliphatic hydroxyl groups excluding tert-OH is 1. The smallest absolute Gasteiger partial charge is 0.258 e. The normalized spacial score (nSPS) is 19.9. The van der Waals surface area contributed by atoms with Crippen molar-refractivity contribution in [3.05, 3.63) is 71.9 Å². The van der Waals surface area contributed by atoms with Crippen LogP contribution in [0.1, 0.15) is 47.6 Å². The van der Waals surface area contributed by atoms with Crippen LogP contribution in [0.4, 0.5) is 5.95 Å². The van der Waals surface area contributed by atoms with Crippen molar-refractivity contribution in [3.8, 4) is 17.0 Å². The lowest BCUT2D eigenvalue weighted by molar-refractivity contribution is 0.0342. The zero-order chi connectivity index (χ0) is 27.5. The van der Waals surface area contributed by atoms with E-state index in [4.69, 9.17) is 14.5 Å². The Morgan fingerprint density at radius 3 is 2.80 bits per heavy atom. The number of amides is 1. The topological polar surface area (TPSA) is 102 Å². The van der Waals surface area contributed by atoms with Crippen molar-refractivity contribution in [2.45, 2.75) is 44.4 Å². The number of anilines is 1. The van der Waals surface area contributed by atoms with Gasteiger partial charge in [-0.2, -0.15) is 0 Å². The minimum atomic E-state index is -0.357. The van der Waals surface area contributed by atoms with Crippen LogP contribution in [-0.4, -0.2) is 70.0 Å². The van der Waals surface area contributed by atoms with Crippen molar-refractivity contribution < 1.29 is 19.4 Å². The van der Waals surface area contributed by atoms with Gasteiger partial charge in [-0.05, 0) is 67.6 Å². The monoisotopic (exact) mass is 541 g/mol. The predicted molar refractivity (Wildman–Crippen MR) is 154 cm³/mol. The highest BCUT2D eigenvalue weighted by molar-refractivity contribution is 6.04. The third-order valence-corrected chi connectivity index (χ3v) is 7.88. The molecule has 1 aliphatic carbocycles. The highest BCUT2D eigenvalue weighted by Gasteiger charge is 2.27. The number of carbonyl (C=O) groups is 1. The molecule has 1 saturated carbocycles. The number of carbonyl (C=O) groups excluding carboxylic acids is 1. The van der Waals surface area contributed by atoms with E-state index in [0.29, 0.717) is 29.4 Å². The van der Waals surface area contributed by atoms with Crippen molar-refractivity contribution in [1.29, 1.82) is 0 Å². The lowest BCUT2D eigenvalue weighted by Crippen LogP contribution is -2.35. The first-order valence-electron chi connectivity index (χ1n) is 14.0. The molecule has 2 fully saturated rings. The van der Waals surface area contributed by atoms with E-state index in [1.165, 1.54) is 5.56 Å². The average Bonchev–Trinajstić information content (AvgIpc) is 3.34. The second kappa shape index (κ2) is 11.8. The number of pyridine rings is 1. The van der Waals surface area contributed by atoms with E-state index in [1.807, 2.05) is 24.3 Å². The molecule has 208 valence electrons. The number of imidazole rings is 1. The van der Waals surface area contributed by atoms with Crippen molar-refractivity contribution >= 4 is 22.9 Å². The molecule has 2 aliphatic rings. The minimum Gasteiger partial charge on any atom is -0.496 e. The number of hydrogen-bond acceptors (Lipinski definition) is 7. The zero-order valence-corrected chi connectivity index (χ0v) is 22.8. The molecule has 3 heterocycles. The Hall–Kier alpha value is -3.79.